The maximum absolute atomic E-state index is 4.40. The first kappa shape index (κ1) is 15.9. The average molecular weight is 314 g/mol. The number of piperidine rings is 1. The van der Waals surface area contributed by atoms with E-state index >= 15 is 0 Å². The van der Waals surface area contributed by atoms with E-state index in [1.165, 1.54) is 12.8 Å². The Hall–Kier alpha value is -1.95. The Morgan fingerprint density at radius 1 is 1.13 bits per heavy atom. The summed E-state index contributed by atoms with van der Waals surface area (Å²) in [6.07, 6.45) is 4.26. The van der Waals surface area contributed by atoms with Gasteiger partial charge in [-0.05, 0) is 51.8 Å². The average Bonchev–Trinajstić information content (AvgIpc) is 3.01. The van der Waals surface area contributed by atoms with Crippen LogP contribution in [-0.2, 0) is 0 Å². The first-order valence-electron chi connectivity index (χ1n) is 8.38. The summed E-state index contributed by atoms with van der Waals surface area (Å²) in [4.78, 5) is 4.81. The molecule has 3 heterocycles. The molecule has 124 valence electrons. The van der Waals surface area contributed by atoms with Crippen molar-refractivity contribution in [1.82, 2.24) is 24.9 Å². The molecule has 3 rings (SSSR count). The van der Waals surface area contributed by atoms with Crippen molar-refractivity contribution in [3.63, 3.8) is 0 Å². The van der Waals surface area contributed by atoms with Gasteiger partial charge in [-0.1, -0.05) is 0 Å². The van der Waals surface area contributed by atoms with Gasteiger partial charge >= 0.3 is 0 Å². The lowest BCUT2D eigenvalue weighted by Crippen LogP contribution is -2.46. The van der Waals surface area contributed by atoms with Crippen LogP contribution in [0.3, 0.4) is 0 Å². The fourth-order valence-electron chi connectivity index (χ4n) is 3.15. The Kier molecular flexibility index (Phi) is 4.61. The number of aromatic nitrogens is 4. The van der Waals surface area contributed by atoms with Crippen molar-refractivity contribution in [3.05, 3.63) is 30.1 Å². The van der Waals surface area contributed by atoms with Gasteiger partial charge in [0.25, 0.3) is 0 Å². The van der Waals surface area contributed by atoms with Crippen LogP contribution in [0.1, 0.15) is 32.4 Å². The van der Waals surface area contributed by atoms with Crippen LogP contribution in [0.5, 0.6) is 0 Å². The van der Waals surface area contributed by atoms with Gasteiger partial charge in [0.2, 0.25) is 0 Å². The highest BCUT2D eigenvalue weighted by atomic mass is 15.4. The van der Waals surface area contributed by atoms with E-state index in [2.05, 4.69) is 46.0 Å². The third-order valence-electron chi connectivity index (χ3n) is 4.73. The molecule has 0 aliphatic carbocycles. The van der Waals surface area contributed by atoms with Gasteiger partial charge in [0.15, 0.2) is 11.6 Å². The monoisotopic (exact) mass is 314 g/mol. The second-order valence-corrected chi connectivity index (χ2v) is 6.62. The Labute approximate surface area is 138 Å². The highest BCUT2D eigenvalue weighted by molar-refractivity contribution is 5.40. The van der Waals surface area contributed by atoms with Gasteiger partial charge in [-0.25, -0.2) is 4.68 Å². The minimum atomic E-state index is 0.539. The quantitative estimate of drug-likeness (QED) is 0.866. The first-order valence-corrected chi connectivity index (χ1v) is 8.38. The Morgan fingerprint density at radius 3 is 2.39 bits per heavy atom. The number of rotatable bonds is 4. The lowest BCUT2D eigenvalue weighted by atomic mass is 10.0. The highest BCUT2D eigenvalue weighted by Crippen LogP contribution is 2.21. The number of anilines is 1. The standard InChI is InChI=1S/C17H26N6/c1-13(2)22-10-8-15(9-11-22)21(4)16-5-6-17(19-18-16)23-12-7-14(3)20-23/h5-7,12-13,15H,8-11H2,1-4H3. The zero-order valence-electron chi connectivity index (χ0n) is 14.5. The normalized spacial score (nSPS) is 16.9. The van der Waals surface area contributed by atoms with Crippen molar-refractivity contribution in [2.45, 2.75) is 45.7 Å². The Balaban J connectivity index is 1.65. The van der Waals surface area contributed by atoms with Gasteiger partial charge in [0, 0.05) is 38.4 Å². The molecule has 23 heavy (non-hydrogen) atoms. The largest absolute Gasteiger partial charge is 0.355 e. The molecule has 0 aromatic carbocycles. The van der Waals surface area contributed by atoms with Crippen molar-refractivity contribution < 1.29 is 0 Å². The van der Waals surface area contributed by atoms with Crippen LogP contribution in [-0.4, -0.2) is 57.1 Å². The fourth-order valence-corrected chi connectivity index (χ4v) is 3.15. The highest BCUT2D eigenvalue weighted by Gasteiger charge is 2.24. The zero-order chi connectivity index (χ0) is 16.4. The Morgan fingerprint density at radius 2 is 1.87 bits per heavy atom. The minimum Gasteiger partial charge on any atom is -0.355 e. The van der Waals surface area contributed by atoms with E-state index in [9.17, 15) is 0 Å². The van der Waals surface area contributed by atoms with Gasteiger partial charge in [0.1, 0.15) is 0 Å². The topological polar surface area (TPSA) is 50.1 Å². The van der Waals surface area contributed by atoms with E-state index < -0.39 is 0 Å². The molecule has 1 aliphatic rings. The van der Waals surface area contributed by atoms with E-state index in [0.29, 0.717) is 12.1 Å². The molecule has 1 saturated heterocycles. The summed E-state index contributed by atoms with van der Waals surface area (Å²) in [5.41, 5.74) is 0.977. The maximum Gasteiger partial charge on any atom is 0.175 e. The predicted molar refractivity (Wildman–Crippen MR) is 92.0 cm³/mol. The van der Waals surface area contributed by atoms with E-state index in [-0.39, 0.29) is 0 Å². The Bertz CT molecular complexity index is 625. The van der Waals surface area contributed by atoms with Crippen molar-refractivity contribution in [3.8, 4) is 5.82 Å². The lowest BCUT2D eigenvalue weighted by Gasteiger charge is -2.38. The van der Waals surface area contributed by atoms with Crippen molar-refractivity contribution in [2.24, 2.45) is 0 Å². The molecule has 0 atom stereocenters. The van der Waals surface area contributed by atoms with E-state index in [4.69, 9.17) is 0 Å². The molecule has 0 bridgehead atoms. The van der Waals surface area contributed by atoms with Gasteiger partial charge in [-0.3, -0.25) is 0 Å². The van der Waals surface area contributed by atoms with Crippen LogP contribution in [0.4, 0.5) is 5.82 Å². The van der Waals surface area contributed by atoms with Crippen LogP contribution in [0.15, 0.2) is 24.4 Å². The molecule has 0 spiro atoms. The molecule has 0 saturated carbocycles. The number of aryl methyl sites for hydroxylation is 1. The fraction of sp³-hybridized carbons (Fsp3) is 0.588. The van der Waals surface area contributed by atoms with Gasteiger partial charge < -0.3 is 9.80 Å². The molecule has 0 amide bonds. The molecule has 0 N–H and O–H groups in total. The molecular formula is C17H26N6. The minimum absolute atomic E-state index is 0.539. The SMILES string of the molecule is Cc1ccn(-c2ccc(N(C)C3CCN(C(C)C)CC3)nn2)n1. The number of hydrogen-bond donors (Lipinski definition) is 0. The van der Waals surface area contributed by atoms with Gasteiger partial charge in [0.05, 0.1) is 5.69 Å². The second kappa shape index (κ2) is 6.66. The summed E-state index contributed by atoms with van der Waals surface area (Å²) in [5, 5.41) is 13.1. The van der Waals surface area contributed by atoms with Crippen LogP contribution in [0, 0.1) is 6.92 Å². The molecule has 0 radical (unpaired) electrons. The smallest absolute Gasteiger partial charge is 0.175 e. The third kappa shape index (κ3) is 3.52. The van der Waals surface area contributed by atoms with Crippen molar-refractivity contribution >= 4 is 5.82 Å². The molecule has 0 unspecified atom stereocenters. The lowest BCUT2D eigenvalue weighted by molar-refractivity contribution is 0.171. The molecule has 2 aromatic heterocycles. The van der Waals surface area contributed by atoms with Crippen LogP contribution in [0.25, 0.3) is 5.82 Å². The number of nitrogens with zero attached hydrogens (tertiary/aromatic N) is 6. The summed E-state index contributed by atoms with van der Waals surface area (Å²) in [5.74, 6) is 1.69. The zero-order valence-corrected chi connectivity index (χ0v) is 14.5. The summed E-state index contributed by atoms with van der Waals surface area (Å²) < 4.78 is 1.76. The molecule has 2 aromatic rings. The summed E-state index contributed by atoms with van der Waals surface area (Å²) in [7, 11) is 2.12. The van der Waals surface area contributed by atoms with Gasteiger partial charge in [-0.2, -0.15) is 5.10 Å². The van der Waals surface area contributed by atoms with Crippen LogP contribution < -0.4 is 4.90 Å². The number of likely N-dealkylation sites (tertiary alicyclic amines) is 1. The molecule has 6 heteroatoms. The first-order chi connectivity index (χ1) is 11.0. The molecular weight excluding hydrogens is 288 g/mol. The van der Waals surface area contributed by atoms with Crippen LogP contribution >= 0.6 is 0 Å². The molecule has 6 nitrogen and oxygen atoms in total. The number of hydrogen-bond acceptors (Lipinski definition) is 5. The second-order valence-electron chi connectivity index (χ2n) is 6.62. The van der Waals surface area contributed by atoms with Crippen molar-refractivity contribution in [1.29, 1.82) is 0 Å². The van der Waals surface area contributed by atoms with Crippen LogP contribution in [0.2, 0.25) is 0 Å². The van der Waals surface area contributed by atoms with E-state index in [1.54, 1.807) is 4.68 Å². The molecule has 1 fully saturated rings. The van der Waals surface area contributed by atoms with Crippen molar-refractivity contribution in [2.75, 3.05) is 25.0 Å². The summed E-state index contributed by atoms with van der Waals surface area (Å²) >= 11 is 0. The third-order valence-corrected chi connectivity index (χ3v) is 4.73. The summed E-state index contributed by atoms with van der Waals surface area (Å²) in [6.45, 7) is 8.82. The van der Waals surface area contributed by atoms with E-state index in [0.717, 1.165) is 30.4 Å². The predicted octanol–water partition coefficient (Wildman–Crippen LogP) is 2.28. The molecule has 1 aliphatic heterocycles. The van der Waals surface area contributed by atoms with Gasteiger partial charge in [-0.15, -0.1) is 10.2 Å². The van der Waals surface area contributed by atoms with E-state index in [1.807, 2.05) is 31.3 Å². The maximum atomic E-state index is 4.40. The summed E-state index contributed by atoms with van der Waals surface area (Å²) in [6, 6.07) is 7.15.